The quantitative estimate of drug-likeness (QED) is 0.473. The van der Waals surface area contributed by atoms with E-state index in [1.807, 2.05) is 26.0 Å². The molecule has 4 heterocycles. The number of rotatable bonds is 1. The van der Waals surface area contributed by atoms with E-state index in [2.05, 4.69) is 51.0 Å². The van der Waals surface area contributed by atoms with Gasteiger partial charge in [0.15, 0.2) is 7.85 Å². The molecule has 0 spiro atoms. The highest BCUT2D eigenvalue weighted by molar-refractivity contribution is 6.31. The molecule has 7 heteroatoms. The number of hydrogen-bond donors (Lipinski definition) is 0. The molecule has 0 saturated carbocycles. The van der Waals surface area contributed by atoms with Gasteiger partial charge in [-0.25, -0.2) is 4.98 Å². The molecule has 5 rings (SSSR count). The van der Waals surface area contributed by atoms with E-state index in [-0.39, 0.29) is 0 Å². The first-order chi connectivity index (χ1) is 13.5. The van der Waals surface area contributed by atoms with Crippen molar-refractivity contribution < 1.29 is 0 Å². The predicted octanol–water partition coefficient (Wildman–Crippen LogP) is 2.18. The number of halogens is 1. The Bertz CT molecular complexity index is 1140. The van der Waals surface area contributed by atoms with Crippen LogP contribution in [0.1, 0.15) is 29.8 Å². The van der Waals surface area contributed by atoms with E-state index in [0.717, 1.165) is 47.5 Å². The molecule has 138 valence electrons. The summed E-state index contributed by atoms with van der Waals surface area (Å²) in [5.41, 5.74) is 5.84. The van der Waals surface area contributed by atoms with Gasteiger partial charge in [-0.3, -0.25) is 9.88 Å². The minimum Gasteiger partial charge on any atom is -0.368 e. The summed E-state index contributed by atoms with van der Waals surface area (Å²) < 4.78 is 0. The molecule has 2 aliphatic rings. The largest absolute Gasteiger partial charge is 0.368 e. The van der Waals surface area contributed by atoms with Gasteiger partial charge in [0.25, 0.3) is 0 Å². The fourth-order valence-corrected chi connectivity index (χ4v) is 4.78. The molecule has 1 aromatic carbocycles. The Morgan fingerprint density at radius 1 is 1.14 bits per heavy atom. The maximum Gasteiger partial charge on any atom is 0.163 e. The SMILES string of the molecule is Bc1ccc2c(N3C[C@@H](C)N4Cc5nc(Cl)ccc5[C@H]4C3)ccc(C#N)c2n1. The van der Waals surface area contributed by atoms with Crippen LogP contribution in [0.15, 0.2) is 36.4 Å². The maximum absolute atomic E-state index is 9.50. The Labute approximate surface area is 170 Å². The molecular formula is C21H19BClN5. The standard InChI is InChI=1S/C21H19BClN5/c1-12-9-27(11-18-14-4-7-20(23)25-16(14)10-28(12)18)17-5-2-13(8-24)21-15(17)3-6-19(22)26-21/h2-7,12,18H,9-11,22H2,1H3/t12-,18-/m1/s1. The smallest absolute Gasteiger partial charge is 0.163 e. The first kappa shape index (κ1) is 17.5. The number of fused-ring (bicyclic) bond motifs is 4. The molecule has 0 radical (unpaired) electrons. The zero-order chi connectivity index (χ0) is 19.4. The molecule has 2 atom stereocenters. The molecule has 5 nitrogen and oxygen atoms in total. The predicted molar refractivity (Wildman–Crippen MR) is 114 cm³/mol. The Morgan fingerprint density at radius 3 is 2.82 bits per heavy atom. The van der Waals surface area contributed by atoms with Crippen LogP contribution in [0.3, 0.4) is 0 Å². The highest BCUT2D eigenvalue weighted by Gasteiger charge is 2.40. The highest BCUT2D eigenvalue weighted by Crippen LogP contribution is 2.40. The van der Waals surface area contributed by atoms with Crippen molar-refractivity contribution in [2.75, 3.05) is 18.0 Å². The van der Waals surface area contributed by atoms with Gasteiger partial charge in [-0.15, -0.1) is 0 Å². The summed E-state index contributed by atoms with van der Waals surface area (Å²) in [5.74, 6) is 0. The molecule has 3 aromatic rings. The van der Waals surface area contributed by atoms with Gasteiger partial charge in [-0.05, 0) is 42.3 Å². The van der Waals surface area contributed by atoms with Crippen LogP contribution in [-0.4, -0.2) is 41.8 Å². The summed E-state index contributed by atoms with van der Waals surface area (Å²) in [7, 11) is 1.96. The lowest BCUT2D eigenvalue weighted by atomic mass is 9.98. The Kier molecular flexibility index (Phi) is 4.04. The zero-order valence-electron chi connectivity index (χ0n) is 15.9. The van der Waals surface area contributed by atoms with Crippen molar-refractivity contribution in [1.82, 2.24) is 14.9 Å². The minimum absolute atomic E-state index is 0.299. The van der Waals surface area contributed by atoms with Crippen LogP contribution < -0.4 is 10.5 Å². The van der Waals surface area contributed by atoms with Crippen molar-refractivity contribution in [1.29, 1.82) is 5.26 Å². The van der Waals surface area contributed by atoms with E-state index < -0.39 is 0 Å². The van der Waals surface area contributed by atoms with Gasteiger partial charge in [0, 0.05) is 36.7 Å². The normalized spacial score (nSPS) is 21.4. The first-order valence-corrected chi connectivity index (χ1v) is 9.89. The molecular weight excluding hydrogens is 369 g/mol. The van der Waals surface area contributed by atoms with E-state index in [1.54, 1.807) is 0 Å². The van der Waals surface area contributed by atoms with E-state index >= 15 is 0 Å². The lowest BCUT2D eigenvalue weighted by Crippen LogP contribution is -2.51. The zero-order valence-corrected chi connectivity index (χ0v) is 16.6. The molecule has 2 aromatic heterocycles. The van der Waals surface area contributed by atoms with Crippen LogP contribution in [0.25, 0.3) is 10.9 Å². The molecule has 28 heavy (non-hydrogen) atoms. The fraction of sp³-hybridized carbons (Fsp3) is 0.286. The topological polar surface area (TPSA) is 56.0 Å². The number of benzene rings is 1. The van der Waals surface area contributed by atoms with E-state index in [9.17, 15) is 5.26 Å². The summed E-state index contributed by atoms with van der Waals surface area (Å²) in [6.07, 6.45) is 0. The van der Waals surface area contributed by atoms with Crippen LogP contribution in [0.2, 0.25) is 5.15 Å². The van der Waals surface area contributed by atoms with Gasteiger partial charge >= 0.3 is 0 Å². The summed E-state index contributed by atoms with van der Waals surface area (Å²) in [6.45, 7) is 4.92. The second-order valence-electron chi connectivity index (χ2n) is 7.70. The molecule has 0 N–H and O–H groups in total. The Morgan fingerprint density at radius 2 is 2.00 bits per heavy atom. The molecule has 0 aliphatic carbocycles. The number of piperazine rings is 1. The Hall–Kier alpha value is -2.62. The van der Waals surface area contributed by atoms with Crippen LogP contribution in [0.5, 0.6) is 0 Å². The summed E-state index contributed by atoms with van der Waals surface area (Å²) in [6, 6.07) is 15.0. The van der Waals surface area contributed by atoms with E-state index in [0.29, 0.717) is 22.8 Å². The van der Waals surface area contributed by atoms with Crippen LogP contribution in [0, 0.1) is 11.3 Å². The third-order valence-electron chi connectivity index (χ3n) is 5.95. The first-order valence-electron chi connectivity index (χ1n) is 9.51. The van der Waals surface area contributed by atoms with Crippen LogP contribution >= 0.6 is 11.6 Å². The number of anilines is 1. The third kappa shape index (κ3) is 2.66. The van der Waals surface area contributed by atoms with Crippen molar-refractivity contribution in [2.24, 2.45) is 0 Å². The molecule has 1 fully saturated rings. The van der Waals surface area contributed by atoms with Crippen LogP contribution in [-0.2, 0) is 6.54 Å². The molecule has 0 bridgehead atoms. The molecule has 0 amide bonds. The average molecular weight is 388 g/mol. The second-order valence-corrected chi connectivity index (χ2v) is 8.09. The number of nitriles is 1. The number of hydrogen-bond acceptors (Lipinski definition) is 5. The summed E-state index contributed by atoms with van der Waals surface area (Å²) in [4.78, 5) is 14.1. The lowest BCUT2D eigenvalue weighted by Gasteiger charge is -2.43. The maximum atomic E-state index is 9.50. The molecule has 1 saturated heterocycles. The van der Waals surface area contributed by atoms with Gasteiger partial charge < -0.3 is 4.90 Å². The molecule has 0 unspecified atom stereocenters. The van der Waals surface area contributed by atoms with Crippen LogP contribution in [0.4, 0.5) is 5.69 Å². The highest BCUT2D eigenvalue weighted by atomic mass is 35.5. The lowest BCUT2D eigenvalue weighted by molar-refractivity contribution is 0.133. The molecule has 2 aliphatic heterocycles. The van der Waals surface area contributed by atoms with Gasteiger partial charge in [-0.1, -0.05) is 23.7 Å². The number of aromatic nitrogens is 2. The van der Waals surface area contributed by atoms with Gasteiger partial charge in [-0.2, -0.15) is 5.26 Å². The minimum atomic E-state index is 0.299. The average Bonchev–Trinajstić information content (AvgIpc) is 3.05. The monoisotopic (exact) mass is 387 g/mol. The van der Waals surface area contributed by atoms with Crippen molar-refractivity contribution in [2.45, 2.75) is 25.6 Å². The van der Waals surface area contributed by atoms with Crippen molar-refractivity contribution in [3.05, 3.63) is 58.4 Å². The second kappa shape index (κ2) is 6.47. The number of nitrogens with zero attached hydrogens (tertiary/aromatic N) is 5. The fourth-order valence-electron chi connectivity index (χ4n) is 4.61. The van der Waals surface area contributed by atoms with Gasteiger partial charge in [0.1, 0.15) is 11.2 Å². The van der Waals surface area contributed by atoms with Crippen molar-refractivity contribution in [3.63, 3.8) is 0 Å². The Balaban J connectivity index is 1.58. The summed E-state index contributed by atoms with van der Waals surface area (Å²) >= 11 is 6.12. The van der Waals surface area contributed by atoms with Crippen molar-refractivity contribution in [3.8, 4) is 6.07 Å². The van der Waals surface area contributed by atoms with E-state index in [1.165, 1.54) is 5.56 Å². The van der Waals surface area contributed by atoms with E-state index in [4.69, 9.17) is 11.6 Å². The van der Waals surface area contributed by atoms with Gasteiger partial charge in [0.2, 0.25) is 0 Å². The van der Waals surface area contributed by atoms with Crippen molar-refractivity contribution >= 4 is 41.6 Å². The number of pyridine rings is 2. The third-order valence-corrected chi connectivity index (χ3v) is 6.16. The summed E-state index contributed by atoms with van der Waals surface area (Å²) in [5, 5.41) is 11.1. The van der Waals surface area contributed by atoms with Gasteiger partial charge in [0.05, 0.1) is 22.8 Å².